The molecule has 0 aromatic heterocycles. The van der Waals surface area contributed by atoms with Crippen molar-refractivity contribution in [2.75, 3.05) is 0 Å². The highest BCUT2D eigenvalue weighted by Gasteiger charge is 2.17. The van der Waals surface area contributed by atoms with Gasteiger partial charge in [0.1, 0.15) is 11.5 Å². The van der Waals surface area contributed by atoms with Crippen LogP contribution in [0, 0.1) is 0 Å². The number of benzene rings is 2. The molecule has 0 amide bonds. The Balaban J connectivity index is 2.35. The zero-order valence-corrected chi connectivity index (χ0v) is 16.4. The van der Waals surface area contributed by atoms with E-state index in [0.717, 1.165) is 24.3 Å². The second-order valence-corrected chi connectivity index (χ2v) is 6.97. The molecule has 25 heavy (non-hydrogen) atoms. The molecule has 2 aromatic carbocycles. The molecule has 0 N–H and O–H groups in total. The number of rotatable bonds is 10. The Kier molecular flexibility index (Phi) is 8.04. The van der Waals surface area contributed by atoms with E-state index in [1.165, 1.54) is 36.8 Å². The third kappa shape index (κ3) is 5.11. The summed E-state index contributed by atoms with van der Waals surface area (Å²) in [7, 11) is 0. The molecule has 0 spiro atoms. The van der Waals surface area contributed by atoms with Crippen molar-refractivity contribution in [3.05, 3.63) is 59.7 Å². The lowest BCUT2D eigenvalue weighted by atomic mass is 9.90. The van der Waals surface area contributed by atoms with Crippen molar-refractivity contribution >= 4 is 0 Å². The van der Waals surface area contributed by atoms with E-state index >= 15 is 0 Å². The van der Waals surface area contributed by atoms with Crippen LogP contribution >= 0.6 is 0 Å². The van der Waals surface area contributed by atoms with Gasteiger partial charge in [-0.2, -0.15) is 0 Å². The summed E-state index contributed by atoms with van der Waals surface area (Å²) in [5.74, 6) is 3.21. The molecule has 1 nitrogen and oxygen atoms in total. The first-order valence-electron chi connectivity index (χ1n) is 10.1. The smallest absolute Gasteiger partial charge is 0.130 e. The monoisotopic (exact) mass is 338 g/mol. The Morgan fingerprint density at radius 2 is 1.04 bits per heavy atom. The Morgan fingerprint density at radius 3 is 1.40 bits per heavy atom. The van der Waals surface area contributed by atoms with Gasteiger partial charge >= 0.3 is 0 Å². The van der Waals surface area contributed by atoms with Crippen LogP contribution in [0.3, 0.4) is 0 Å². The predicted octanol–water partition coefficient (Wildman–Crippen LogP) is 8.07. The average Bonchev–Trinajstić information content (AvgIpc) is 2.65. The summed E-state index contributed by atoms with van der Waals surface area (Å²) in [6.45, 7) is 9.08. The maximum absolute atomic E-state index is 6.50. The molecule has 2 unspecified atom stereocenters. The van der Waals surface area contributed by atoms with E-state index in [1.807, 2.05) is 0 Å². The van der Waals surface area contributed by atoms with Crippen molar-refractivity contribution in [1.82, 2.24) is 0 Å². The number of hydrogen-bond donors (Lipinski definition) is 0. The molecule has 0 aliphatic carbocycles. The van der Waals surface area contributed by atoms with E-state index in [4.69, 9.17) is 4.74 Å². The van der Waals surface area contributed by atoms with Gasteiger partial charge in [0.25, 0.3) is 0 Å². The van der Waals surface area contributed by atoms with Crippen LogP contribution in [0.1, 0.15) is 89.2 Å². The molecular formula is C24H34O. The quantitative estimate of drug-likeness (QED) is 0.425. The minimum Gasteiger partial charge on any atom is -0.457 e. The van der Waals surface area contributed by atoms with Gasteiger partial charge < -0.3 is 4.74 Å². The topological polar surface area (TPSA) is 9.23 Å². The van der Waals surface area contributed by atoms with Crippen molar-refractivity contribution < 1.29 is 4.74 Å². The first-order chi connectivity index (χ1) is 12.2. The maximum Gasteiger partial charge on any atom is 0.130 e. The Bertz CT molecular complexity index is 576. The van der Waals surface area contributed by atoms with Crippen LogP contribution in [-0.4, -0.2) is 0 Å². The lowest BCUT2D eigenvalue weighted by Crippen LogP contribution is -2.03. The largest absolute Gasteiger partial charge is 0.457 e. The van der Waals surface area contributed by atoms with Gasteiger partial charge in [-0.1, -0.05) is 76.9 Å². The van der Waals surface area contributed by atoms with Gasteiger partial charge in [0, 0.05) is 0 Å². The standard InChI is InChI=1S/C24H34O/c1-5-13-19(7-3)21-15-9-11-17-23(21)25-24-18-12-10-16-22(24)20(8-4)14-6-2/h9-12,15-20H,5-8,13-14H2,1-4H3. The third-order valence-electron chi connectivity index (χ3n) is 5.20. The average molecular weight is 339 g/mol. The molecule has 0 aliphatic heterocycles. The van der Waals surface area contributed by atoms with Crippen LogP contribution in [0.5, 0.6) is 11.5 Å². The van der Waals surface area contributed by atoms with Crippen LogP contribution in [-0.2, 0) is 0 Å². The third-order valence-corrected chi connectivity index (χ3v) is 5.20. The van der Waals surface area contributed by atoms with E-state index in [9.17, 15) is 0 Å². The Morgan fingerprint density at radius 1 is 0.640 bits per heavy atom. The number of para-hydroxylation sites is 2. The van der Waals surface area contributed by atoms with Crippen LogP contribution in [0.15, 0.2) is 48.5 Å². The molecular weight excluding hydrogens is 304 g/mol. The van der Waals surface area contributed by atoms with Crippen LogP contribution in [0.2, 0.25) is 0 Å². The summed E-state index contributed by atoms with van der Waals surface area (Å²) in [5.41, 5.74) is 2.70. The summed E-state index contributed by atoms with van der Waals surface area (Å²) in [5, 5.41) is 0. The second kappa shape index (κ2) is 10.3. The molecule has 0 saturated carbocycles. The van der Waals surface area contributed by atoms with Gasteiger partial charge in [0.05, 0.1) is 0 Å². The van der Waals surface area contributed by atoms with E-state index in [0.29, 0.717) is 11.8 Å². The molecule has 0 bridgehead atoms. The molecule has 2 rings (SSSR count). The normalized spacial score (nSPS) is 13.4. The summed E-state index contributed by atoms with van der Waals surface area (Å²) in [6.07, 6.45) is 7.15. The first-order valence-corrected chi connectivity index (χ1v) is 10.1. The summed E-state index contributed by atoms with van der Waals surface area (Å²) in [6, 6.07) is 17.2. The number of hydrogen-bond acceptors (Lipinski definition) is 1. The van der Waals surface area contributed by atoms with Crippen molar-refractivity contribution in [3.8, 4) is 11.5 Å². The Labute approximate surface area is 154 Å². The highest BCUT2D eigenvalue weighted by molar-refractivity contribution is 5.44. The molecule has 136 valence electrons. The van der Waals surface area contributed by atoms with Crippen LogP contribution in [0.4, 0.5) is 0 Å². The van der Waals surface area contributed by atoms with Gasteiger partial charge in [0.2, 0.25) is 0 Å². The van der Waals surface area contributed by atoms with Crippen molar-refractivity contribution in [3.63, 3.8) is 0 Å². The molecule has 0 radical (unpaired) electrons. The van der Waals surface area contributed by atoms with Crippen molar-refractivity contribution in [2.24, 2.45) is 0 Å². The fraction of sp³-hybridized carbons (Fsp3) is 0.500. The van der Waals surface area contributed by atoms with E-state index in [2.05, 4.69) is 76.2 Å². The van der Waals surface area contributed by atoms with Gasteiger partial charge in [-0.25, -0.2) is 0 Å². The molecule has 2 atom stereocenters. The SMILES string of the molecule is CCCC(CC)c1ccccc1Oc1ccccc1C(CC)CCC. The minimum absolute atomic E-state index is 0.575. The van der Waals surface area contributed by atoms with Gasteiger partial charge in [0.15, 0.2) is 0 Å². The molecule has 0 fully saturated rings. The second-order valence-electron chi connectivity index (χ2n) is 6.97. The summed E-state index contributed by atoms with van der Waals surface area (Å²) < 4.78 is 6.50. The fourth-order valence-electron chi connectivity index (χ4n) is 3.80. The van der Waals surface area contributed by atoms with Gasteiger partial charge in [-0.3, -0.25) is 0 Å². The van der Waals surface area contributed by atoms with Crippen LogP contribution in [0.25, 0.3) is 0 Å². The molecule has 0 aliphatic rings. The van der Waals surface area contributed by atoms with E-state index in [-0.39, 0.29) is 0 Å². The first kappa shape index (κ1) is 19.6. The van der Waals surface area contributed by atoms with Gasteiger partial charge in [-0.15, -0.1) is 0 Å². The predicted molar refractivity (Wildman–Crippen MR) is 109 cm³/mol. The number of ether oxygens (including phenoxy) is 1. The Hall–Kier alpha value is -1.76. The molecule has 2 aromatic rings. The summed E-state index contributed by atoms with van der Waals surface area (Å²) >= 11 is 0. The van der Waals surface area contributed by atoms with Gasteiger partial charge in [-0.05, 0) is 60.8 Å². The summed E-state index contributed by atoms with van der Waals surface area (Å²) in [4.78, 5) is 0. The molecule has 1 heteroatoms. The molecule has 0 heterocycles. The molecule has 0 saturated heterocycles. The fourth-order valence-corrected chi connectivity index (χ4v) is 3.80. The highest BCUT2D eigenvalue weighted by Crippen LogP contribution is 2.38. The van der Waals surface area contributed by atoms with E-state index in [1.54, 1.807) is 0 Å². The highest BCUT2D eigenvalue weighted by atomic mass is 16.5. The van der Waals surface area contributed by atoms with Crippen LogP contribution < -0.4 is 4.74 Å². The minimum atomic E-state index is 0.575. The lowest BCUT2D eigenvalue weighted by Gasteiger charge is -2.22. The lowest BCUT2D eigenvalue weighted by molar-refractivity contribution is 0.447. The van der Waals surface area contributed by atoms with Crippen molar-refractivity contribution in [2.45, 2.75) is 78.1 Å². The van der Waals surface area contributed by atoms with E-state index < -0.39 is 0 Å². The van der Waals surface area contributed by atoms with Crippen molar-refractivity contribution in [1.29, 1.82) is 0 Å². The maximum atomic E-state index is 6.50. The zero-order valence-electron chi connectivity index (χ0n) is 16.4. The zero-order chi connectivity index (χ0) is 18.1.